The summed E-state index contributed by atoms with van der Waals surface area (Å²) < 4.78 is 27.1. The number of aliphatic hydroxyl groups excluding tert-OH is 1. The van der Waals surface area contributed by atoms with E-state index < -0.39 is 51.2 Å². The summed E-state index contributed by atoms with van der Waals surface area (Å²) in [6.45, 7) is 1.51. The van der Waals surface area contributed by atoms with Crippen molar-refractivity contribution < 1.29 is 33.0 Å². The second-order valence-electron chi connectivity index (χ2n) is 3.88. The Balaban J connectivity index is 2.93. The number of rotatable bonds is 4. The minimum atomic E-state index is -3.49. The highest BCUT2D eigenvalue weighted by Gasteiger charge is 2.47. The molecule has 17 heavy (non-hydrogen) atoms. The second kappa shape index (κ2) is 5.01. The first kappa shape index (κ1) is 13.9. The SMILES string of the molecule is CCOC(=O)C(C(=O)O)C1CS(=O)(=O)CC1O. The predicted molar refractivity (Wildman–Crippen MR) is 55.9 cm³/mol. The molecule has 0 aromatic rings. The van der Waals surface area contributed by atoms with Gasteiger partial charge in [0.1, 0.15) is 0 Å². The van der Waals surface area contributed by atoms with E-state index in [4.69, 9.17) is 5.11 Å². The zero-order valence-electron chi connectivity index (χ0n) is 9.20. The molecule has 1 saturated heterocycles. The topological polar surface area (TPSA) is 118 Å². The van der Waals surface area contributed by atoms with E-state index in [9.17, 15) is 23.1 Å². The molecule has 0 aliphatic carbocycles. The number of carboxylic acids is 1. The van der Waals surface area contributed by atoms with Gasteiger partial charge in [-0.3, -0.25) is 9.59 Å². The molecule has 0 bridgehead atoms. The van der Waals surface area contributed by atoms with Gasteiger partial charge < -0.3 is 14.9 Å². The average Bonchev–Trinajstić information content (AvgIpc) is 2.40. The molecule has 8 heteroatoms. The van der Waals surface area contributed by atoms with Gasteiger partial charge in [0.15, 0.2) is 15.8 Å². The molecule has 1 aliphatic heterocycles. The van der Waals surface area contributed by atoms with Gasteiger partial charge in [0.2, 0.25) is 0 Å². The normalized spacial score (nSPS) is 28.6. The van der Waals surface area contributed by atoms with Crippen molar-refractivity contribution in [2.24, 2.45) is 11.8 Å². The summed E-state index contributed by atoms with van der Waals surface area (Å²) in [6.07, 6.45) is -1.34. The fraction of sp³-hybridized carbons (Fsp3) is 0.778. The van der Waals surface area contributed by atoms with Crippen LogP contribution in [-0.2, 0) is 24.2 Å². The Hall–Kier alpha value is -1.15. The molecule has 0 aromatic carbocycles. The molecule has 1 aliphatic rings. The van der Waals surface area contributed by atoms with Crippen LogP contribution in [0.3, 0.4) is 0 Å². The van der Waals surface area contributed by atoms with Crippen molar-refractivity contribution in [2.75, 3.05) is 18.1 Å². The fourth-order valence-electron chi connectivity index (χ4n) is 1.87. The molecule has 0 spiro atoms. The molecular formula is C9H14O7S. The smallest absolute Gasteiger partial charge is 0.320 e. The van der Waals surface area contributed by atoms with Gasteiger partial charge >= 0.3 is 11.9 Å². The highest BCUT2D eigenvalue weighted by Crippen LogP contribution is 2.27. The van der Waals surface area contributed by atoms with E-state index in [0.717, 1.165) is 0 Å². The zero-order chi connectivity index (χ0) is 13.2. The molecule has 0 aromatic heterocycles. The third-order valence-corrected chi connectivity index (χ3v) is 4.34. The Bertz CT molecular complexity index is 413. The average molecular weight is 266 g/mol. The molecule has 2 N–H and O–H groups in total. The largest absolute Gasteiger partial charge is 0.481 e. The Labute approximate surface area is 98.3 Å². The van der Waals surface area contributed by atoms with Crippen molar-refractivity contribution in [3.63, 3.8) is 0 Å². The predicted octanol–water partition coefficient (Wildman–Crippen LogP) is -1.34. The maximum atomic E-state index is 11.4. The van der Waals surface area contributed by atoms with Gasteiger partial charge in [0.25, 0.3) is 0 Å². The van der Waals surface area contributed by atoms with Gasteiger partial charge in [0.05, 0.1) is 24.2 Å². The number of carbonyl (C=O) groups excluding carboxylic acids is 1. The Kier molecular flexibility index (Phi) is 4.10. The van der Waals surface area contributed by atoms with E-state index in [2.05, 4.69) is 4.74 Å². The van der Waals surface area contributed by atoms with E-state index >= 15 is 0 Å². The van der Waals surface area contributed by atoms with Gasteiger partial charge in [-0.1, -0.05) is 0 Å². The number of hydrogen-bond donors (Lipinski definition) is 2. The third kappa shape index (κ3) is 3.16. The van der Waals surface area contributed by atoms with Gasteiger partial charge in [-0.05, 0) is 6.92 Å². The summed E-state index contributed by atoms with van der Waals surface area (Å²) in [5.41, 5.74) is 0. The van der Waals surface area contributed by atoms with Crippen molar-refractivity contribution in [2.45, 2.75) is 13.0 Å². The van der Waals surface area contributed by atoms with Gasteiger partial charge in [-0.25, -0.2) is 8.42 Å². The molecule has 1 heterocycles. The molecule has 1 fully saturated rings. The Morgan fingerprint density at radius 2 is 2.00 bits per heavy atom. The van der Waals surface area contributed by atoms with E-state index in [1.807, 2.05) is 0 Å². The van der Waals surface area contributed by atoms with Crippen molar-refractivity contribution in [1.82, 2.24) is 0 Å². The number of carboxylic acid groups (broad SMARTS) is 1. The molecule has 0 radical (unpaired) electrons. The summed E-state index contributed by atoms with van der Waals surface area (Å²) in [5, 5.41) is 18.4. The standard InChI is InChI=1S/C9H14O7S/c1-2-16-9(13)7(8(11)12)5-3-17(14,15)4-6(5)10/h5-7,10H,2-4H2,1H3,(H,11,12). The summed E-state index contributed by atoms with van der Waals surface area (Å²) in [7, 11) is -3.49. The van der Waals surface area contributed by atoms with Crippen LogP contribution in [-0.4, -0.2) is 54.8 Å². The summed E-state index contributed by atoms with van der Waals surface area (Å²) >= 11 is 0. The maximum absolute atomic E-state index is 11.4. The van der Waals surface area contributed by atoms with E-state index in [1.54, 1.807) is 0 Å². The minimum absolute atomic E-state index is 0.00181. The number of aliphatic carboxylic acids is 1. The van der Waals surface area contributed by atoms with Crippen LogP contribution in [0.15, 0.2) is 0 Å². The number of carbonyl (C=O) groups is 2. The van der Waals surface area contributed by atoms with Gasteiger partial charge in [-0.2, -0.15) is 0 Å². The van der Waals surface area contributed by atoms with E-state index in [0.29, 0.717) is 0 Å². The van der Waals surface area contributed by atoms with Crippen LogP contribution in [0, 0.1) is 11.8 Å². The summed E-state index contributed by atoms with van der Waals surface area (Å²) in [5.74, 6) is -6.30. The van der Waals surface area contributed by atoms with Crippen LogP contribution in [0.5, 0.6) is 0 Å². The Morgan fingerprint density at radius 1 is 1.41 bits per heavy atom. The lowest BCUT2D eigenvalue weighted by Crippen LogP contribution is -2.38. The van der Waals surface area contributed by atoms with Crippen LogP contribution in [0.4, 0.5) is 0 Å². The monoisotopic (exact) mass is 266 g/mol. The molecule has 3 atom stereocenters. The third-order valence-electron chi connectivity index (χ3n) is 2.60. The molecule has 7 nitrogen and oxygen atoms in total. The first-order valence-corrected chi connectivity index (χ1v) is 6.88. The second-order valence-corrected chi connectivity index (χ2v) is 6.03. The number of hydrogen-bond acceptors (Lipinski definition) is 6. The van der Waals surface area contributed by atoms with Crippen molar-refractivity contribution in [3.05, 3.63) is 0 Å². The molecule has 98 valence electrons. The number of sulfone groups is 1. The van der Waals surface area contributed by atoms with E-state index in [1.165, 1.54) is 6.92 Å². The van der Waals surface area contributed by atoms with Crippen LogP contribution in [0.2, 0.25) is 0 Å². The summed E-state index contributed by atoms with van der Waals surface area (Å²) in [4.78, 5) is 22.4. The van der Waals surface area contributed by atoms with Gasteiger partial charge in [-0.15, -0.1) is 0 Å². The molecule has 3 unspecified atom stereocenters. The fourth-order valence-corrected chi connectivity index (χ4v) is 3.77. The number of ether oxygens (including phenoxy) is 1. The highest BCUT2D eigenvalue weighted by molar-refractivity contribution is 7.91. The molecule has 1 rings (SSSR count). The van der Waals surface area contributed by atoms with Crippen molar-refractivity contribution in [3.8, 4) is 0 Å². The first-order chi connectivity index (χ1) is 7.78. The number of esters is 1. The molecule has 0 saturated carbocycles. The van der Waals surface area contributed by atoms with Crippen molar-refractivity contribution >= 4 is 21.8 Å². The van der Waals surface area contributed by atoms with Crippen LogP contribution >= 0.6 is 0 Å². The van der Waals surface area contributed by atoms with E-state index in [-0.39, 0.29) is 6.61 Å². The van der Waals surface area contributed by atoms with Gasteiger partial charge in [0, 0.05) is 5.92 Å². The Morgan fingerprint density at radius 3 is 2.35 bits per heavy atom. The summed E-state index contributed by atoms with van der Waals surface area (Å²) in [6, 6.07) is 0. The molecular weight excluding hydrogens is 252 g/mol. The minimum Gasteiger partial charge on any atom is -0.481 e. The molecule has 0 amide bonds. The lowest BCUT2D eigenvalue weighted by Gasteiger charge is -2.19. The first-order valence-electron chi connectivity index (χ1n) is 5.06. The van der Waals surface area contributed by atoms with Crippen LogP contribution in [0.25, 0.3) is 0 Å². The zero-order valence-corrected chi connectivity index (χ0v) is 10.0. The van der Waals surface area contributed by atoms with Crippen LogP contribution < -0.4 is 0 Å². The highest BCUT2D eigenvalue weighted by atomic mass is 32.2. The quantitative estimate of drug-likeness (QED) is 0.477. The lowest BCUT2D eigenvalue weighted by atomic mass is 9.90. The maximum Gasteiger partial charge on any atom is 0.320 e. The van der Waals surface area contributed by atoms with Crippen LogP contribution in [0.1, 0.15) is 6.92 Å². The lowest BCUT2D eigenvalue weighted by molar-refractivity contribution is -0.162. The van der Waals surface area contributed by atoms with Crippen molar-refractivity contribution in [1.29, 1.82) is 0 Å². The number of aliphatic hydroxyl groups is 1.